The molecule has 1 fully saturated rings. The Labute approximate surface area is 159 Å². The van der Waals surface area contributed by atoms with Gasteiger partial charge in [0.2, 0.25) is 0 Å². The smallest absolute Gasteiger partial charge is 0.260 e. The van der Waals surface area contributed by atoms with Gasteiger partial charge >= 0.3 is 0 Å². The van der Waals surface area contributed by atoms with Gasteiger partial charge in [0.1, 0.15) is 30.8 Å². The summed E-state index contributed by atoms with van der Waals surface area (Å²) in [6, 6.07) is 18.9. The number of para-hydroxylation sites is 2. The number of ether oxygens (including phenoxy) is 2. The lowest BCUT2D eigenvalue weighted by atomic mass is 10.2. The van der Waals surface area contributed by atoms with E-state index in [9.17, 15) is 9.90 Å². The molecule has 0 saturated carbocycles. The van der Waals surface area contributed by atoms with Gasteiger partial charge < -0.3 is 24.4 Å². The van der Waals surface area contributed by atoms with Crippen LogP contribution in [-0.2, 0) is 4.79 Å². The first-order valence-corrected chi connectivity index (χ1v) is 9.36. The fraction of sp³-hybridized carbons (Fsp3) is 0.381. The van der Waals surface area contributed by atoms with Crippen LogP contribution in [0.15, 0.2) is 60.7 Å². The van der Waals surface area contributed by atoms with Gasteiger partial charge in [-0.05, 0) is 24.3 Å². The van der Waals surface area contributed by atoms with Gasteiger partial charge in [-0.2, -0.15) is 0 Å². The minimum Gasteiger partial charge on any atom is -0.491 e. The van der Waals surface area contributed by atoms with Crippen LogP contribution in [0.25, 0.3) is 0 Å². The van der Waals surface area contributed by atoms with Gasteiger partial charge in [-0.1, -0.05) is 36.4 Å². The van der Waals surface area contributed by atoms with Crippen LogP contribution in [0, 0.1) is 0 Å². The highest BCUT2D eigenvalue weighted by Crippen LogP contribution is 2.09. The van der Waals surface area contributed by atoms with E-state index in [-0.39, 0.29) is 19.1 Å². The number of carbonyl (C=O) groups is 1. The van der Waals surface area contributed by atoms with Gasteiger partial charge in [-0.3, -0.25) is 4.79 Å². The number of quaternary nitrogens is 1. The summed E-state index contributed by atoms with van der Waals surface area (Å²) in [5.74, 6) is 1.47. The monoisotopic (exact) mass is 371 g/mol. The van der Waals surface area contributed by atoms with Crippen LogP contribution >= 0.6 is 0 Å². The van der Waals surface area contributed by atoms with Crippen molar-refractivity contribution in [2.24, 2.45) is 0 Å². The van der Waals surface area contributed by atoms with Crippen LogP contribution in [0.1, 0.15) is 0 Å². The number of aliphatic hydroxyl groups excluding tert-OH is 1. The molecule has 1 aliphatic rings. The van der Waals surface area contributed by atoms with Crippen molar-refractivity contribution in [3.63, 3.8) is 0 Å². The summed E-state index contributed by atoms with van der Waals surface area (Å²) in [5.41, 5.74) is 0. The molecule has 2 aromatic carbocycles. The van der Waals surface area contributed by atoms with Crippen molar-refractivity contribution in [2.75, 3.05) is 45.9 Å². The lowest BCUT2D eigenvalue weighted by molar-refractivity contribution is -0.907. The standard InChI is InChI=1S/C21H26N2O4/c24-18(16-26-19-7-3-1-4-8-19)15-22-11-13-23(14-12-22)21(25)17-27-20-9-5-2-6-10-20/h1-10,18,24H,11-17H2/p+1. The molecule has 0 spiro atoms. The van der Waals surface area contributed by atoms with E-state index in [1.54, 1.807) is 0 Å². The number of hydrogen-bond donors (Lipinski definition) is 2. The van der Waals surface area contributed by atoms with Crippen molar-refractivity contribution in [2.45, 2.75) is 6.10 Å². The third kappa shape index (κ3) is 6.27. The normalized spacial score (nSPS) is 16.0. The van der Waals surface area contributed by atoms with Crippen LogP contribution < -0.4 is 14.4 Å². The largest absolute Gasteiger partial charge is 0.491 e. The van der Waals surface area contributed by atoms with E-state index in [1.807, 2.05) is 65.6 Å². The van der Waals surface area contributed by atoms with Gasteiger partial charge in [-0.15, -0.1) is 0 Å². The molecule has 1 amide bonds. The summed E-state index contributed by atoms with van der Waals surface area (Å²) in [6.07, 6.45) is -0.524. The molecule has 1 heterocycles. The predicted molar refractivity (Wildman–Crippen MR) is 102 cm³/mol. The number of hydrogen-bond acceptors (Lipinski definition) is 4. The summed E-state index contributed by atoms with van der Waals surface area (Å²) in [5, 5.41) is 10.2. The first-order chi connectivity index (χ1) is 13.2. The number of benzene rings is 2. The third-order valence-corrected chi connectivity index (χ3v) is 4.64. The highest BCUT2D eigenvalue weighted by atomic mass is 16.5. The fourth-order valence-corrected chi connectivity index (χ4v) is 3.13. The molecule has 6 heteroatoms. The maximum absolute atomic E-state index is 12.3. The summed E-state index contributed by atoms with van der Waals surface area (Å²) in [6.45, 7) is 3.96. The molecule has 1 unspecified atom stereocenters. The van der Waals surface area contributed by atoms with Crippen LogP contribution in [-0.4, -0.2) is 68.0 Å². The van der Waals surface area contributed by atoms with E-state index >= 15 is 0 Å². The summed E-state index contributed by atoms with van der Waals surface area (Å²) >= 11 is 0. The van der Waals surface area contributed by atoms with E-state index in [1.165, 1.54) is 4.90 Å². The van der Waals surface area contributed by atoms with E-state index in [0.717, 1.165) is 18.8 Å². The van der Waals surface area contributed by atoms with Crippen molar-refractivity contribution in [3.8, 4) is 11.5 Å². The first-order valence-electron chi connectivity index (χ1n) is 9.36. The molecule has 2 aromatic rings. The van der Waals surface area contributed by atoms with Crippen molar-refractivity contribution < 1.29 is 24.3 Å². The highest BCUT2D eigenvalue weighted by molar-refractivity contribution is 5.77. The second kappa shape index (κ2) is 9.94. The molecule has 1 aliphatic heterocycles. The Kier molecular flexibility index (Phi) is 7.07. The van der Waals surface area contributed by atoms with Crippen LogP contribution in [0.3, 0.4) is 0 Å². The average Bonchev–Trinajstić information content (AvgIpc) is 2.72. The molecule has 0 aliphatic carbocycles. The molecular formula is C21H27N2O4+. The van der Waals surface area contributed by atoms with Gasteiger partial charge in [-0.25, -0.2) is 0 Å². The number of carbonyl (C=O) groups excluding carboxylic acids is 1. The molecule has 3 rings (SSSR count). The lowest BCUT2D eigenvalue weighted by Gasteiger charge is -2.33. The molecule has 27 heavy (non-hydrogen) atoms. The molecule has 1 atom stereocenters. The van der Waals surface area contributed by atoms with E-state index in [0.29, 0.717) is 25.4 Å². The molecule has 0 aromatic heterocycles. The zero-order valence-electron chi connectivity index (χ0n) is 15.4. The summed E-state index contributed by atoms with van der Waals surface area (Å²) < 4.78 is 11.1. The summed E-state index contributed by atoms with van der Waals surface area (Å²) in [7, 11) is 0. The Morgan fingerprint density at radius 2 is 1.52 bits per heavy atom. The molecule has 0 bridgehead atoms. The molecular weight excluding hydrogens is 344 g/mol. The second-order valence-electron chi connectivity index (χ2n) is 6.71. The number of nitrogens with zero attached hydrogens (tertiary/aromatic N) is 1. The van der Waals surface area contributed by atoms with Gasteiger partial charge in [0, 0.05) is 0 Å². The van der Waals surface area contributed by atoms with E-state index in [4.69, 9.17) is 9.47 Å². The SMILES string of the molecule is O=C(COc1ccccc1)N1CC[NH+](CC(O)COc2ccccc2)CC1. The quantitative estimate of drug-likeness (QED) is 0.698. The summed E-state index contributed by atoms with van der Waals surface area (Å²) in [4.78, 5) is 15.4. The highest BCUT2D eigenvalue weighted by Gasteiger charge is 2.25. The molecule has 6 nitrogen and oxygen atoms in total. The van der Waals surface area contributed by atoms with E-state index < -0.39 is 6.10 Å². The number of piperazine rings is 1. The van der Waals surface area contributed by atoms with Crippen molar-refractivity contribution >= 4 is 5.91 Å². The Bertz CT molecular complexity index is 688. The Morgan fingerprint density at radius 1 is 0.963 bits per heavy atom. The van der Waals surface area contributed by atoms with Gasteiger partial charge in [0.15, 0.2) is 6.61 Å². The second-order valence-corrected chi connectivity index (χ2v) is 6.71. The molecule has 144 valence electrons. The Balaban J connectivity index is 1.34. The third-order valence-electron chi connectivity index (χ3n) is 4.64. The number of rotatable bonds is 8. The maximum atomic E-state index is 12.3. The lowest BCUT2D eigenvalue weighted by Crippen LogP contribution is -3.16. The molecule has 2 N–H and O–H groups in total. The number of amides is 1. The van der Waals surface area contributed by atoms with Crippen molar-refractivity contribution in [1.29, 1.82) is 0 Å². The van der Waals surface area contributed by atoms with Crippen LogP contribution in [0.2, 0.25) is 0 Å². The van der Waals surface area contributed by atoms with E-state index in [2.05, 4.69) is 0 Å². The first kappa shape index (κ1) is 19.2. The maximum Gasteiger partial charge on any atom is 0.260 e. The minimum absolute atomic E-state index is 0.00543. The number of nitrogens with one attached hydrogen (secondary N) is 1. The zero-order chi connectivity index (χ0) is 18.9. The number of aliphatic hydroxyl groups is 1. The topological polar surface area (TPSA) is 63.4 Å². The Morgan fingerprint density at radius 3 is 2.11 bits per heavy atom. The van der Waals surface area contributed by atoms with Crippen LogP contribution in [0.4, 0.5) is 0 Å². The van der Waals surface area contributed by atoms with Gasteiger partial charge in [0.25, 0.3) is 5.91 Å². The minimum atomic E-state index is -0.524. The van der Waals surface area contributed by atoms with Crippen molar-refractivity contribution in [1.82, 2.24) is 4.90 Å². The zero-order valence-corrected chi connectivity index (χ0v) is 15.4. The molecule has 0 radical (unpaired) electrons. The van der Waals surface area contributed by atoms with Crippen molar-refractivity contribution in [3.05, 3.63) is 60.7 Å². The van der Waals surface area contributed by atoms with Crippen LogP contribution in [0.5, 0.6) is 11.5 Å². The predicted octanol–water partition coefficient (Wildman–Crippen LogP) is 0.232. The van der Waals surface area contributed by atoms with Gasteiger partial charge in [0.05, 0.1) is 26.2 Å². The fourth-order valence-electron chi connectivity index (χ4n) is 3.13. The average molecular weight is 371 g/mol. The molecule has 1 saturated heterocycles. The Hall–Kier alpha value is -2.57.